The highest BCUT2D eigenvalue weighted by Crippen LogP contribution is 2.24. The molecule has 0 saturated heterocycles. The molecule has 134 valence electrons. The number of hydrogen-bond acceptors (Lipinski definition) is 3. The topological polar surface area (TPSA) is 75.3 Å². The number of benzene rings is 2. The number of nitrogens with one attached hydrogen (secondary N) is 2. The van der Waals surface area contributed by atoms with Gasteiger partial charge in [0.2, 0.25) is 5.91 Å². The van der Waals surface area contributed by atoms with E-state index in [4.69, 9.17) is 11.6 Å². The first-order valence-corrected chi connectivity index (χ1v) is 9.24. The number of sulfonamides is 1. The average molecular weight is 385 g/mol. The molecule has 0 unspecified atom stereocenters. The summed E-state index contributed by atoms with van der Waals surface area (Å²) in [5.41, 5.74) is 0.129. The van der Waals surface area contributed by atoms with E-state index in [1.54, 1.807) is 32.9 Å². The molecule has 0 spiro atoms. The van der Waals surface area contributed by atoms with Crippen LogP contribution in [0.5, 0.6) is 0 Å². The maximum atomic E-state index is 13.2. The molecule has 0 fully saturated rings. The number of carbonyl (C=O) groups excluding carboxylic acids is 1. The van der Waals surface area contributed by atoms with Crippen LogP contribution in [0, 0.1) is 11.2 Å². The summed E-state index contributed by atoms with van der Waals surface area (Å²) >= 11 is 5.63. The number of hydrogen-bond donors (Lipinski definition) is 2. The van der Waals surface area contributed by atoms with Gasteiger partial charge in [-0.25, -0.2) is 12.8 Å². The molecule has 0 aliphatic carbocycles. The van der Waals surface area contributed by atoms with Gasteiger partial charge in [0.25, 0.3) is 10.0 Å². The quantitative estimate of drug-likeness (QED) is 0.826. The van der Waals surface area contributed by atoms with Crippen LogP contribution in [0.3, 0.4) is 0 Å². The first-order chi connectivity index (χ1) is 11.5. The smallest absolute Gasteiger partial charge is 0.261 e. The Kier molecular flexibility index (Phi) is 5.39. The molecule has 2 aromatic carbocycles. The molecule has 0 atom stereocenters. The van der Waals surface area contributed by atoms with Gasteiger partial charge < -0.3 is 5.32 Å². The highest BCUT2D eigenvalue weighted by atomic mass is 35.5. The monoisotopic (exact) mass is 384 g/mol. The van der Waals surface area contributed by atoms with Crippen molar-refractivity contribution in [2.45, 2.75) is 25.7 Å². The minimum Gasteiger partial charge on any atom is -0.326 e. The van der Waals surface area contributed by atoms with Gasteiger partial charge in [-0.15, -0.1) is 0 Å². The summed E-state index contributed by atoms with van der Waals surface area (Å²) in [7, 11) is -3.94. The Hall–Kier alpha value is -2.12. The molecule has 0 heterocycles. The van der Waals surface area contributed by atoms with Crippen molar-refractivity contribution in [3.05, 3.63) is 53.3 Å². The maximum Gasteiger partial charge on any atom is 0.261 e. The first kappa shape index (κ1) is 19.2. The van der Waals surface area contributed by atoms with Crippen LogP contribution < -0.4 is 10.0 Å². The van der Waals surface area contributed by atoms with E-state index in [9.17, 15) is 17.6 Å². The van der Waals surface area contributed by atoms with Crippen LogP contribution in [0.4, 0.5) is 15.8 Å². The van der Waals surface area contributed by atoms with E-state index in [0.717, 1.165) is 18.2 Å². The van der Waals surface area contributed by atoms with Gasteiger partial charge in [-0.2, -0.15) is 0 Å². The van der Waals surface area contributed by atoms with Gasteiger partial charge in [-0.05, 0) is 36.4 Å². The molecule has 0 radical (unpaired) electrons. The second kappa shape index (κ2) is 7.01. The summed E-state index contributed by atoms with van der Waals surface area (Å²) < 4.78 is 40.3. The summed E-state index contributed by atoms with van der Waals surface area (Å²) in [6, 6.07) is 9.42. The summed E-state index contributed by atoms with van der Waals surface area (Å²) in [4.78, 5) is 11.9. The van der Waals surface area contributed by atoms with E-state index in [1.165, 1.54) is 12.1 Å². The van der Waals surface area contributed by atoms with Crippen molar-refractivity contribution in [1.29, 1.82) is 0 Å². The lowest BCUT2D eigenvalue weighted by molar-refractivity contribution is -0.123. The van der Waals surface area contributed by atoms with Crippen LogP contribution in [-0.2, 0) is 14.8 Å². The van der Waals surface area contributed by atoms with E-state index < -0.39 is 21.3 Å². The predicted molar refractivity (Wildman–Crippen MR) is 96.7 cm³/mol. The zero-order valence-corrected chi connectivity index (χ0v) is 15.5. The summed E-state index contributed by atoms with van der Waals surface area (Å²) in [6.45, 7) is 5.31. The fourth-order valence-corrected chi connectivity index (χ4v) is 3.16. The Labute approximate surface area is 151 Å². The number of halogens is 2. The van der Waals surface area contributed by atoms with E-state index in [2.05, 4.69) is 10.0 Å². The number of amides is 1. The van der Waals surface area contributed by atoms with Crippen LogP contribution in [-0.4, -0.2) is 14.3 Å². The number of carbonyl (C=O) groups is 1. The van der Waals surface area contributed by atoms with Crippen molar-refractivity contribution >= 4 is 38.9 Å². The van der Waals surface area contributed by atoms with Gasteiger partial charge in [0.15, 0.2) is 0 Å². The molecular formula is C17H18ClFN2O3S. The second-order valence-corrected chi connectivity index (χ2v) is 8.56. The molecule has 0 aromatic heterocycles. The molecule has 0 saturated carbocycles. The Morgan fingerprint density at radius 3 is 2.32 bits per heavy atom. The number of rotatable bonds is 4. The lowest BCUT2D eigenvalue weighted by Gasteiger charge is -2.18. The molecule has 5 nitrogen and oxygen atoms in total. The molecule has 0 aliphatic heterocycles. The summed E-state index contributed by atoms with van der Waals surface area (Å²) in [6.07, 6.45) is 0. The maximum absolute atomic E-state index is 13.2. The SMILES string of the molecule is CC(C)(C)C(=O)Nc1cccc(NS(=O)(=O)c2ccc(F)c(Cl)c2)c1. The van der Waals surface area contributed by atoms with Crippen molar-refractivity contribution in [2.75, 3.05) is 10.0 Å². The van der Waals surface area contributed by atoms with E-state index in [-0.39, 0.29) is 21.5 Å². The molecule has 2 N–H and O–H groups in total. The lowest BCUT2D eigenvalue weighted by atomic mass is 9.95. The molecule has 25 heavy (non-hydrogen) atoms. The van der Waals surface area contributed by atoms with Gasteiger partial charge in [-0.1, -0.05) is 38.4 Å². The van der Waals surface area contributed by atoms with Crippen molar-refractivity contribution in [3.63, 3.8) is 0 Å². The van der Waals surface area contributed by atoms with Crippen molar-refractivity contribution in [2.24, 2.45) is 5.41 Å². The molecule has 8 heteroatoms. The Morgan fingerprint density at radius 2 is 1.72 bits per heavy atom. The predicted octanol–water partition coefficient (Wildman–Crippen LogP) is 4.26. The lowest BCUT2D eigenvalue weighted by Crippen LogP contribution is -2.27. The van der Waals surface area contributed by atoms with Crippen LogP contribution in [0.1, 0.15) is 20.8 Å². The highest BCUT2D eigenvalue weighted by Gasteiger charge is 2.21. The summed E-state index contributed by atoms with van der Waals surface area (Å²) in [5.74, 6) is -0.898. The van der Waals surface area contributed by atoms with Crippen LogP contribution in [0.2, 0.25) is 5.02 Å². The minimum absolute atomic E-state index is 0.164. The first-order valence-electron chi connectivity index (χ1n) is 7.38. The Morgan fingerprint density at radius 1 is 1.08 bits per heavy atom. The van der Waals surface area contributed by atoms with Gasteiger partial charge in [0.05, 0.1) is 15.6 Å². The minimum atomic E-state index is -3.94. The van der Waals surface area contributed by atoms with Gasteiger partial charge in [0, 0.05) is 11.1 Å². The molecule has 1 amide bonds. The Bertz CT molecular complexity index is 908. The van der Waals surface area contributed by atoms with Crippen LogP contribution in [0.15, 0.2) is 47.4 Å². The van der Waals surface area contributed by atoms with E-state index in [0.29, 0.717) is 5.69 Å². The van der Waals surface area contributed by atoms with Crippen molar-refractivity contribution in [3.8, 4) is 0 Å². The Balaban J connectivity index is 2.23. The zero-order chi connectivity index (χ0) is 18.8. The van der Waals surface area contributed by atoms with E-state index in [1.807, 2.05) is 0 Å². The zero-order valence-electron chi connectivity index (χ0n) is 13.9. The largest absolute Gasteiger partial charge is 0.326 e. The van der Waals surface area contributed by atoms with Crippen LogP contribution in [0.25, 0.3) is 0 Å². The highest BCUT2D eigenvalue weighted by molar-refractivity contribution is 7.92. The third-order valence-electron chi connectivity index (χ3n) is 3.26. The fraction of sp³-hybridized carbons (Fsp3) is 0.235. The molecule has 2 rings (SSSR count). The van der Waals surface area contributed by atoms with Crippen LogP contribution >= 0.6 is 11.6 Å². The third-order valence-corrected chi connectivity index (χ3v) is 4.92. The normalized spacial score (nSPS) is 11.9. The fourth-order valence-electron chi connectivity index (χ4n) is 1.84. The van der Waals surface area contributed by atoms with Crippen molar-refractivity contribution < 1.29 is 17.6 Å². The third kappa shape index (κ3) is 4.93. The molecule has 0 bridgehead atoms. The van der Waals surface area contributed by atoms with Gasteiger partial charge >= 0.3 is 0 Å². The van der Waals surface area contributed by atoms with Gasteiger partial charge in [-0.3, -0.25) is 9.52 Å². The van der Waals surface area contributed by atoms with Gasteiger partial charge in [0.1, 0.15) is 5.82 Å². The second-order valence-electron chi connectivity index (χ2n) is 6.47. The number of anilines is 2. The standard InChI is InChI=1S/C17H18ClFN2O3S/c1-17(2,3)16(22)20-11-5-4-6-12(9-11)21-25(23,24)13-7-8-15(19)14(18)10-13/h4-10,21H,1-3H3,(H,20,22). The summed E-state index contributed by atoms with van der Waals surface area (Å²) in [5, 5.41) is 2.44. The molecular weight excluding hydrogens is 367 g/mol. The molecule has 2 aromatic rings. The van der Waals surface area contributed by atoms with E-state index >= 15 is 0 Å². The average Bonchev–Trinajstić information content (AvgIpc) is 2.48. The van der Waals surface area contributed by atoms with Crippen molar-refractivity contribution in [1.82, 2.24) is 0 Å². The molecule has 0 aliphatic rings.